The molecule has 0 aromatic rings. The van der Waals surface area contributed by atoms with Crippen molar-refractivity contribution in [1.82, 2.24) is 14.7 Å². The van der Waals surface area contributed by atoms with E-state index in [1.807, 2.05) is 16.8 Å². The van der Waals surface area contributed by atoms with Crippen molar-refractivity contribution in [2.24, 2.45) is 0 Å². The van der Waals surface area contributed by atoms with E-state index >= 15 is 0 Å². The maximum absolute atomic E-state index is 12.5. The van der Waals surface area contributed by atoms with Crippen LogP contribution < -0.4 is 0 Å². The minimum atomic E-state index is -0.0477. The van der Waals surface area contributed by atoms with E-state index in [4.69, 9.17) is 4.74 Å². The zero-order valence-corrected chi connectivity index (χ0v) is 15.0. The molecule has 22 heavy (non-hydrogen) atoms. The first-order valence-electron chi connectivity index (χ1n) is 8.74. The molecule has 1 spiro atoms. The number of carbonyl (C=O) groups excluding carboxylic acids is 1. The molecule has 0 aromatic heterocycles. The molecule has 2 fully saturated rings. The van der Waals surface area contributed by atoms with Crippen LogP contribution in [0.4, 0.5) is 4.79 Å². The lowest BCUT2D eigenvalue weighted by molar-refractivity contribution is -0.0823. The van der Waals surface area contributed by atoms with Crippen LogP contribution >= 0.6 is 0 Å². The molecule has 0 unspecified atom stereocenters. The Labute approximate surface area is 135 Å². The second-order valence-electron chi connectivity index (χ2n) is 7.42. The van der Waals surface area contributed by atoms with Gasteiger partial charge in [0.05, 0.1) is 5.60 Å². The van der Waals surface area contributed by atoms with Crippen molar-refractivity contribution in [3.05, 3.63) is 0 Å². The van der Waals surface area contributed by atoms with Crippen LogP contribution in [-0.4, -0.2) is 78.2 Å². The lowest BCUT2D eigenvalue weighted by atomic mass is 9.90. The van der Waals surface area contributed by atoms with Crippen molar-refractivity contribution >= 4 is 6.03 Å². The molecular formula is C17H33N3O2. The average molecular weight is 311 g/mol. The molecule has 5 nitrogen and oxygen atoms in total. The highest BCUT2D eigenvalue weighted by molar-refractivity contribution is 5.74. The van der Waals surface area contributed by atoms with Crippen molar-refractivity contribution in [1.29, 1.82) is 0 Å². The van der Waals surface area contributed by atoms with E-state index in [-0.39, 0.29) is 17.7 Å². The summed E-state index contributed by atoms with van der Waals surface area (Å²) in [5.41, 5.74) is -0.0477. The lowest BCUT2D eigenvalue weighted by Gasteiger charge is -2.44. The number of nitrogens with zero attached hydrogens (tertiary/aromatic N) is 3. The Bertz CT molecular complexity index is 376. The van der Waals surface area contributed by atoms with E-state index in [9.17, 15) is 4.79 Å². The Morgan fingerprint density at radius 1 is 1.14 bits per heavy atom. The molecule has 2 saturated heterocycles. The number of amides is 2. The SMILES string of the molecule is CC(C)N1CCCOC2(CCN(C(=O)N(C)C(C)C)CC2)C1. The third-order valence-corrected chi connectivity index (χ3v) is 5.24. The fourth-order valence-corrected chi connectivity index (χ4v) is 3.34. The second kappa shape index (κ2) is 7.18. The van der Waals surface area contributed by atoms with Crippen LogP contribution in [0.25, 0.3) is 0 Å². The average Bonchev–Trinajstić information content (AvgIpc) is 2.69. The Morgan fingerprint density at radius 3 is 2.32 bits per heavy atom. The minimum Gasteiger partial charge on any atom is -0.373 e. The number of hydrogen-bond acceptors (Lipinski definition) is 3. The van der Waals surface area contributed by atoms with Crippen molar-refractivity contribution < 1.29 is 9.53 Å². The fourth-order valence-electron chi connectivity index (χ4n) is 3.34. The molecule has 0 N–H and O–H groups in total. The zero-order chi connectivity index (χ0) is 16.3. The minimum absolute atomic E-state index is 0.0477. The summed E-state index contributed by atoms with van der Waals surface area (Å²) in [6, 6.07) is 0.957. The summed E-state index contributed by atoms with van der Waals surface area (Å²) >= 11 is 0. The van der Waals surface area contributed by atoms with Crippen LogP contribution in [0.1, 0.15) is 47.0 Å². The normalized spacial score (nSPS) is 23.1. The molecule has 0 aliphatic carbocycles. The zero-order valence-electron chi connectivity index (χ0n) is 15.0. The van der Waals surface area contributed by atoms with Crippen molar-refractivity contribution in [2.45, 2.75) is 64.6 Å². The Morgan fingerprint density at radius 2 is 1.77 bits per heavy atom. The van der Waals surface area contributed by atoms with Gasteiger partial charge in [-0.15, -0.1) is 0 Å². The van der Waals surface area contributed by atoms with Crippen molar-refractivity contribution in [3.8, 4) is 0 Å². The number of hydrogen-bond donors (Lipinski definition) is 0. The third kappa shape index (κ3) is 3.93. The van der Waals surface area contributed by atoms with Gasteiger partial charge in [-0.05, 0) is 47.0 Å². The maximum atomic E-state index is 12.5. The molecule has 2 rings (SSSR count). The quantitative estimate of drug-likeness (QED) is 0.786. The first-order valence-corrected chi connectivity index (χ1v) is 8.74. The Hall–Kier alpha value is -0.810. The van der Waals surface area contributed by atoms with E-state index in [2.05, 4.69) is 32.6 Å². The van der Waals surface area contributed by atoms with Crippen LogP contribution in [-0.2, 0) is 4.74 Å². The highest BCUT2D eigenvalue weighted by Crippen LogP contribution is 2.30. The molecule has 128 valence electrons. The van der Waals surface area contributed by atoms with E-state index in [0.29, 0.717) is 6.04 Å². The van der Waals surface area contributed by atoms with Gasteiger partial charge in [0.15, 0.2) is 0 Å². The number of rotatable bonds is 2. The molecule has 2 aliphatic rings. The third-order valence-electron chi connectivity index (χ3n) is 5.24. The first kappa shape index (κ1) is 17.5. The van der Waals surface area contributed by atoms with Gasteiger partial charge < -0.3 is 14.5 Å². The van der Waals surface area contributed by atoms with Gasteiger partial charge in [0.2, 0.25) is 0 Å². The molecule has 0 atom stereocenters. The molecule has 2 aliphatic heterocycles. The molecule has 0 saturated carbocycles. The Balaban J connectivity index is 1.96. The van der Waals surface area contributed by atoms with Crippen LogP contribution in [0.3, 0.4) is 0 Å². The monoisotopic (exact) mass is 311 g/mol. The number of piperidine rings is 1. The van der Waals surface area contributed by atoms with Gasteiger partial charge in [0.1, 0.15) is 0 Å². The van der Waals surface area contributed by atoms with Crippen LogP contribution in [0.5, 0.6) is 0 Å². The van der Waals surface area contributed by atoms with Crippen molar-refractivity contribution in [2.75, 3.05) is 39.8 Å². The molecule has 0 bridgehead atoms. The highest BCUT2D eigenvalue weighted by Gasteiger charge is 2.40. The summed E-state index contributed by atoms with van der Waals surface area (Å²) in [6.45, 7) is 13.2. The van der Waals surface area contributed by atoms with Crippen LogP contribution in [0.15, 0.2) is 0 Å². The number of ether oxygens (including phenoxy) is 1. The topological polar surface area (TPSA) is 36.0 Å². The summed E-state index contributed by atoms with van der Waals surface area (Å²) in [7, 11) is 1.89. The Kier molecular flexibility index (Phi) is 5.72. The first-order chi connectivity index (χ1) is 10.3. The largest absolute Gasteiger partial charge is 0.373 e. The van der Waals surface area contributed by atoms with Gasteiger partial charge in [-0.1, -0.05) is 0 Å². The molecule has 0 radical (unpaired) electrons. The van der Waals surface area contributed by atoms with Gasteiger partial charge in [0, 0.05) is 51.9 Å². The standard InChI is InChI=1S/C17H33N3O2/c1-14(2)18(5)16(21)19-10-7-17(8-11-19)13-20(15(3)4)9-6-12-22-17/h14-15H,6-13H2,1-5H3. The number of urea groups is 1. The molecule has 2 heterocycles. The maximum Gasteiger partial charge on any atom is 0.319 e. The predicted octanol–water partition coefficient (Wildman–Crippen LogP) is 2.41. The summed E-state index contributed by atoms with van der Waals surface area (Å²) in [5.74, 6) is 0. The highest BCUT2D eigenvalue weighted by atomic mass is 16.5. The van der Waals surface area contributed by atoms with E-state index in [1.54, 1.807) is 0 Å². The second-order valence-corrected chi connectivity index (χ2v) is 7.42. The van der Waals surface area contributed by atoms with E-state index in [1.165, 1.54) is 0 Å². The number of likely N-dealkylation sites (tertiary alicyclic amines) is 1. The van der Waals surface area contributed by atoms with Gasteiger partial charge in [0.25, 0.3) is 0 Å². The summed E-state index contributed by atoms with van der Waals surface area (Å²) in [5, 5.41) is 0. The van der Waals surface area contributed by atoms with Gasteiger partial charge in [-0.25, -0.2) is 4.79 Å². The summed E-state index contributed by atoms with van der Waals surface area (Å²) in [6.07, 6.45) is 3.01. The number of carbonyl (C=O) groups is 1. The van der Waals surface area contributed by atoms with E-state index < -0.39 is 0 Å². The van der Waals surface area contributed by atoms with Crippen molar-refractivity contribution in [3.63, 3.8) is 0 Å². The van der Waals surface area contributed by atoms with Gasteiger partial charge in [-0.2, -0.15) is 0 Å². The van der Waals surface area contributed by atoms with Crippen LogP contribution in [0, 0.1) is 0 Å². The lowest BCUT2D eigenvalue weighted by Crippen LogP contribution is -2.55. The molecular weight excluding hydrogens is 278 g/mol. The molecule has 2 amide bonds. The molecule has 5 heteroatoms. The van der Waals surface area contributed by atoms with Gasteiger partial charge >= 0.3 is 6.03 Å². The smallest absolute Gasteiger partial charge is 0.319 e. The summed E-state index contributed by atoms with van der Waals surface area (Å²) < 4.78 is 6.25. The molecule has 0 aromatic carbocycles. The van der Waals surface area contributed by atoms with Gasteiger partial charge in [-0.3, -0.25) is 4.90 Å². The summed E-state index contributed by atoms with van der Waals surface area (Å²) in [4.78, 5) is 18.8. The fraction of sp³-hybridized carbons (Fsp3) is 0.941. The van der Waals surface area contributed by atoms with E-state index in [0.717, 1.165) is 52.0 Å². The van der Waals surface area contributed by atoms with Crippen LogP contribution in [0.2, 0.25) is 0 Å². The predicted molar refractivity (Wildman–Crippen MR) is 89.1 cm³/mol.